The molecule has 0 unspecified atom stereocenters. The monoisotopic (exact) mass is 444 g/mol. The Hall–Kier alpha value is -3.18. The number of benzene rings is 2. The van der Waals surface area contributed by atoms with Gasteiger partial charge >= 0.3 is 0 Å². The highest BCUT2D eigenvalue weighted by molar-refractivity contribution is 7.16. The molecule has 3 aromatic rings. The van der Waals surface area contributed by atoms with E-state index >= 15 is 0 Å². The molecule has 4 rings (SSSR count). The van der Waals surface area contributed by atoms with Gasteiger partial charge in [0.05, 0.1) is 5.56 Å². The fourth-order valence-electron chi connectivity index (χ4n) is 3.88. The van der Waals surface area contributed by atoms with E-state index < -0.39 is 0 Å². The van der Waals surface area contributed by atoms with Crippen LogP contribution in [0.5, 0.6) is 5.75 Å². The number of hydrogen-bond donors (Lipinski definition) is 1. The van der Waals surface area contributed by atoms with Gasteiger partial charge in [-0.25, -0.2) is 4.99 Å². The summed E-state index contributed by atoms with van der Waals surface area (Å²) in [6, 6.07) is 17.4. The lowest BCUT2D eigenvalue weighted by Crippen LogP contribution is -2.14. The zero-order valence-corrected chi connectivity index (χ0v) is 19.0. The van der Waals surface area contributed by atoms with Crippen molar-refractivity contribution >= 4 is 34.1 Å². The Morgan fingerprint density at radius 1 is 1.03 bits per heavy atom. The summed E-state index contributed by atoms with van der Waals surface area (Å²) in [7, 11) is 0. The zero-order chi connectivity index (χ0) is 22.2. The number of aryl methyl sites for hydroxylation is 1. The number of nitrogens with zero attached hydrogens (tertiary/aromatic N) is 1. The summed E-state index contributed by atoms with van der Waals surface area (Å²) in [6.07, 6.45) is 10.3. The van der Waals surface area contributed by atoms with Gasteiger partial charge in [0, 0.05) is 16.8 Å². The van der Waals surface area contributed by atoms with E-state index in [2.05, 4.69) is 11.9 Å². The Labute approximate surface area is 193 Å². The maximum absolute atomic E-state index is 13.3. The molecular weight excluding hydrogens is 416 g/mol. The summed E-state index contributed by atoms with van der Waals surface area (Å²) in [6.45, 7) is 4.15. The van der Waals surface area contributed by atoms with Crippen LogP contribution in [-0.2, 0) is 12.8 Å². The van der Waals surface area contributed by atoms with Crippen LogP contribution in [-0.4, -0.2) is 18.7 Å². The van der Waals surface area contributed by atoms with E-state index in [4.69, 9.17) is 9.73 Å². The minimum absolute atomic E-state index is 0.0744. The van der Waals surface area contributed by atoms with Gasteiger partial charge < -0.3 is 10.1 Å². The number of thiophene rings is 1. The lowest BCUT2D eigenvalue weighted by Gasteiger charge is -2.12. The third-order valence-electron chi connectivity index (χ3n) is 5.49. The third-order valence-corrected chi connectivity index (χ3v) is 6.69. The molecule has 4 nitrogen and oxygen atoms in total. The standard InChI is InChI=1S/C27H28N2O2S/c1-2-18-31-22-16-14-20(15-17-22)19-28-27-25(26(30)29-21-10-6-5-7-11-21)23-12-8-3-4-9-13-24(23)32-27/h2,5-7,10-11,14-17,19H,1,3-4,8-9,12-13,18H2,(H,29,30). The van der Waals surface area contributed by atoms with Gasteiger partial charge in [0.25, 0.3) is 5.91 Å². The number of hydrogen-bond acceptors (Lipinski definition) is 4. The maximum Gasteiger partial charge on any atom is 0.259 e. The lowest BCUT2D eigenvalue weighted by atomic mass is 9.96. The van der Waals surface area contributed by atoms with E-state index in [-0.39, 0.29) is 5.91 Å². The highest BCUT2D eigenvalue weighted by Gasteiger charge is 2.24. The number of aliphatic imine (C=N–C) groups is 1. The van der Waals surface area contributed by atoms with Crippen LogP contribution in [0, 0.1) is 0 Å². The first kappa shape index (κ1) is 22.0. The number of anilines is 1. The number of ether oxygens (including phenoxy) is 1. The van der Waals surface area contributed by atoms with Crippen LogP contribution in [0.3, 0.4) is 0 Å². The number of carbonyl (C=O) groups excluding carboxylic acids is 1. The summed E-state index contributed by atoms with van der Waals surface area (Å²) in [5, 5.41) is 3.85. The molecule has 164 valence electrons. The summed E-state index contributed by atoms with van der Waals surface area (Å²) < 4.78 is 5.55. The largest absolute Gasteiger partial charge is 0.490 e. The van der Waals surface area contributed by atoms with Gasteiger partial charge in [-0.15, -0.1) is 11.3 Å². The van der Waals surface area contributed by atoms with Gasteiger partial charge in [0.15, 0.2) is 0 Å². The molecule has 0 aliphatic heterocycles. The highest BCUT2D eigenvalue weighted by atomic mass is 32.1. The van der Waals surface area contributed by atoms with Crippen LogP contribution in [0.15, 0.2) is 72.2 Å². The van der Waals surface area contributed by atoms with Crippen molar-refractivity contribution in [1.82, 2.24) is 0 Å². The van der Waals surface area contributed by atoms with Crippen molar-refractivity contribution in [3.63, 3.8) is 0 Å². The van der Waals surface area contributed by atoms with E-state index in [0.717, 1.165) is 46.8 Å². The van der Waals surface area contributed by atoms with Crippen LogP contribution in [0.4, 0.5) is 10.7 Å². The number of fused-ring (bicyclic) bond motifs is 1. The van der Waals surface area contributed by atoms with Crippen molar-refractivity contribution in [2.45, 2.75) is 38.5 Å². The van der Waals surface area contributed by atoms with Crippen molar-refractivity contribution in [3.05, 3.63) is 88.8 Å². The molecular formula is C27H28N2O2S. The third kappa shape index (κ3) is 5.54. The molecule has 0 saturated heterocycles. The Bertz CT molecular complexity index is 1080. The minimum Gasteiger partial charge on any atom is -0.490 e. The molecule has 0 atom stereocenters. The molecule has 1 amide bonds. The highest BCUT2D eigenvalue weighted by Crippen LogP contribution is 2.39. The first-order chi connectivity index (χ1) is 15.7. The number of rotatable bonds is 7. The van der Waals surface area contributed by atoms with Gasteiger partial charge in [-0.05, 0) is 73.2 Å². The van der Waals surface area contributed by atoms with Crippen molar-refractivity contribution in [3.8, 4) is 5.75 Å². The summed E-state index contributed by atoms with van der Waals surface area (Å²) in [4.78, 5) is 19.4. The van der Waals surface area contributed by atoms with E-state index in [0.29, 0.717) is 6.61 Å². The molecule has 5 heteroatoms. The van der Waals surface area contributed by atoms with Crippen LogP contribution >= 0.6 is 11.3 Å². The van der Waals surface area contributed by atoms with Crippen LogP contribution in [0.2, 0.25) is 0 Å². The molecule has 1 aliphatic rings. The van der Waals surface area contributed by atoms with Gasteiger partial charge in [0.1, 0.15) is 17.4 Å². The Morgan fingerprint density at radius 2 is 1.78 bits per heavy atom. The molecule has 1 aromatic heterocycles. The maximum atomic E-state index is 13.3. The normalized spacial score (nSPS) is 13.8. The van der Waals surface area contributed by atoms with Crippen molar-refractivity contribution in [1.29, 1.82) is 0 Å². The second-order valence-corrected chi connectivity index (χ2v) is 8.93. The smallest absolute Gasteiger partial charge is 0.259 e. The number of para-hydroxylation sites is 1. The predicted molar refractivity (Wildman–Crippen MR) is 134 cm³/mol. The summed E-state index contributed by atoms with van der Waals surface area (Å²) in [5.41, 5.74) is 3.68. The van der Waals surface area contributed by atoms with E-state index in [9.17, 15) is 4.79 Å². The first-order valence-corrected chi connectivity index (χ1v) is 11.9. The molecule has 2 aromatic carbocycles. The fraction of sp³-hybridized carbons (Fsp3) is 0.259. The first-order valence-electron chi connectivity index (χ1n) is 11.1. The molecule has 0 saturated carbocycles. The predicted octanol–water partition coefficient (Wildman–Crippen LogP) is 6.97. The van der Waals surface area contributed by atoms with Gasteiger partial charge in [-0.3, -0.25) is 4.79 Å². The molecule has 0 fully saturated rings. The van der Waals surface area contributed by atoms with Crippen molar-refractivity contribution in [2.24, 2.45) is 4.99 Å². The Morgan fingerprint density at radius 3 is 2.53 bits per heavy atom. The molecule has 0 spiro atoms. The number of nitrogens with one attached hydrogen (secondary N) is 1. The second-order valence-electron chi connectivity index (χ2n) is 7.85. The lowest BCUT2D eigenvalue weighted by molar-refractivity contribution is 0.102. The molecule has 0 radical (unpaired) electrons. The molecule has 1 heterocycles. The Kier molecular flexibility index (Phi) is 7.51. The van der Waals surface area contributed by atoms with Gasteiger partial charge in [-0.1, -0.05) is 43.7 Å². The molecule has 1 aliphatic carbocycles. The SMILES string of the molecule is C=CCOc1ccc(C=Nc2sc3c(c2C(=O)Nc2ccccc2)CCCCCC3)cc1. The molecule has 32 heavy (non-hydrogen) atoms. The summed E-state index contributed by atoms with van der Waals surface area (Å²) >= 11 is 1.66. The topological polar surface area (TPSA) is 50.7 Å². The second kappa shape index (κ2) is 10.9. The van der Waals surface area contributed by atoms with Crippen molar-refractivity contribution < 1.29 is 9.53 Å². The minimum atomic E-state index is -0.0744. The average Bonchev–Trinajstić information content (AvgIpc) is 3.14. The number of amides is 1. The number of carbonyl (C=O) groups is 1. The molecule has 1 N–H and O–H groups in total. The Balaban J connectivity index is 1.62. The van der Waals surface area contributed by atoms with Crippen LogP contribution in [0.1, 0.15) is 52.0 Å². The van der Waals surface area contributed by atoms with E-state index in [1.807, 2.05) is 60.8 Å². The average molecular weight is 445 g/mol. The van der Waals surface area contributed by atoms with E-state index in [1.54, 1.807) is 17.4 Å². The summed E-state index contributed by atoms with van der Waals surface area (Å²) in [5.74, 6) is 0.721. The van der Waals surface area contributed by atoms with E-state index in [1.165, 1.54) is 29.7 Å². The van der Waals surface area contributed by atoms with Gasteiger partial charge in [-0.2, -0.15) is 0 Å². The van der Waals surface area contributed by atoms with Crippen molar-refractivity contribution in [2.75, 3.05) is 11.9 Å². The van der Waals surface area contributed by atoms with Crippen LogP contribution < -0.4 is 10.1 Å². The fourth-order valence-corrected chi connectivity index (χ4v) is 5.11. The quantitative estimate of drug-likeness (QED) is 0.316. The van der Waals surface area contributed by atoms with Gasteiger partial charge in [0.2, 0.25) is 0 Å². The zero-order valence-electron chi connectivity index (χ0n) is 18.2. The molecule has 0 bridgehead atoms. The van der Waals surface area contributed by atoms with Crippen LogP contribution in [0.25, 0.3) is 0 Å².